The molecule has 4 heteroatoms. The van der Waals surface area contributed by atoms with Gasteiger partial charge in [0.25, 0.3) is 0 Å². The van der Waals surface area contributed by atoms with E-state index in [-0.39, 0.29) is 19.0 Å². The van der Waals surface area contributed by atoms with Crippen molar-refractivity contribution in [2.45, 2.75) is 12.5 Å². The van der Waals surface area contributed by atoms with Crippen LogP contribution in [0.2, 0.25) is 0 Å². The van der Waals surface area contributed by atoms with Crippen LogP contribution in [0.1, 0.15) is 6.42 Å². The Morgan fingerprint density at radius 3 is 2.50 bits per heavy atom. The number of hydrogen-bond acceptors (Lipinski definition) is 4. The van der Waals surface area contributed by atoms with Gasteiger partial charge in [0.05, 0.1) is 26.2 Å². The van der Waals surface area contributed by atoms with E-state index in [4.69, 9.17) is 9.84 Å². The Morgan fingerprint density at radius 2 is 2.20 bits per heavy atom. The maximum atomic E-state index is 10.5. The van der Waals surface area contributed by atoms with Crippen LogP contribution in [0.15, 0.2) is 0 Å². The fourth-order valence-electron chi connectivity index (χ4n) is 0.492. The summed E-state index contributed by atoms with van der Waals surface area (Å²) in [4.78, 5) is 10.5. The van der Waals surface area contributed by atoms with Crippen molar-refractivity contribution in [3.05, 3.63) is 0 Å². The highest BCUT2D eigenvalue weighted by atomic mass is 16.5. The molecule has 0 rings (SSSR count). The fourth-order valence-corrected chi connectivity index (χ4v) is 0.492. The zero-order chi connectivity index (χ0) is 7.98. The lowest BCUT2D eigenvalue weighted by atomic mass is 10.3. The van der Waals surface area contributed by atoms with Crippen molar-refractivity contribution in [3.8, 4) is 0 Å². The summed E-state index contributed by atoms with van der Waals surface area (Å²) in [6.45, 7) is -0.161. The van der Waals surface area contributed by atoms with E-state index in [1.165, 1.54) is 14.2 Å². The number of aliphatic hydroxyl groups excluding tert-OH is 1. The maximum Gasteiger partial charge on any atom is 0.308 e. The van der Waals surface area contributed by atoms with Gasteiger partial charge in [-0.05, 0) is 0 Å². The SMILES string of the molecule is COC(=O)C[C@@H](CO)OC. The quantitative estimate of drug-likeness (QED) is 0.549. The summed E-state index contributed by atoms with van der Waals surface area (Å²) >= 11 is 0. The molecule has 0 aliphatic rings. The molecule has 0 aliphatic heterocycles. The van der Waals surface area contributed by atoms with Crippen LogP contribution >= 0.6 is 0 Å². The second kappa shape index (κ2) is 5.20. The number of rotatable bonds is 4. The monoisotopic (exact) mass is 148 g/mol. The minimum absolute atomic E-state index is 0.101. The molecule has 0 saturated heterocycles. The first-order chi connectivity index (χ1) is 4.74. The van der Waals surface area contributed by atoms with Gasteiger partial charge >= 0.3 is 5.97 Å². The average molecular weight is 148 g/mol. The molecule has 0 unspecified atom stereocenters. The molecule has 0 amide bonds. The molecule has 60 valence electrons. The molecule has 0 aromatic heterocycles. The molecule has 4 nitrogen and oxygen atoms in total. The Morgan fingerprint density at radius 1 is 1.60 bits per heavy atom. The number of ether oxygens (including phenoxy) is 2. The van der Waals surface area contributed by atoms with Gasteiger partial charge in [0, 0.05) is 7.11 Å². The van der Waals surface area contributed by atoms with Crippen LogP contribution in [0.3, 0.4) is 0 Å². The summed E-state index contributed by atoms with van der Waals surface area (Å²) in [5.74, 6) is -0.374. The Kier molecular flexibility index (Phi) is 4.88. The number of carbonyl (C=O) groups excluding carboxylic acids is 1. The van der Waals surface area contributed by atoms with Gasteiger partial charge in [-0.2, -0.15) is 0 Å². The van der Waals surface area contributed by atoms with E-state index in [2.05, 4.69) is 4.74 Å². The van der Waals surface area contributed by atoms with Crippen LogP contribution in [0.5, 0.6) is 0 Å². The van der Waals surface area contributed by atoms with Gasteiger partial charge in [-0.25, -0.2) is 0 Å². The molecule has 0 aliphatic carbocycles. The Bertz CT molecular complexity index is 97.9. The van der Waals surface area contributed by atoms with Gasteiger partial charge in [0.1, 0.15) is 0 Å². The highest BCUT2D eigenvalue weighted by Crippen LogP contribution is 1.96. The lowest BCUT2D eigenvalue weighted by molar-refractivity contribution is -0.144. The van der Waals surface area contributed by atoms with Gasteiger partial charge in [-0.1, -0.05) is 0 Å². The largest absolute Gasteiger partial charge is 0.469 e. The molecular formula is C6H12O4. The van der Waals surface area contributed by atoms with E-state index < -0.39 is 6.10 Å². The normalized spacial score (nSPS) is 12.7. The predicted molar refractivity (Wildman–Crippen MR) is 34.5 cm³/mol. The van der Waals surface area contributed by atoms with Crippen molar-refractivity contribution in [2.75, 3.05) is 20.8 Å². The summed E-state index contributed by atoms with van der Waals surface area (Å²) in [5.41, 5.74) is 0. The van der Waals surface area contributed by atoms with E-state index in [9.17, 15) is 4.79 Å². The number of carbonyl (C=O) groups is 1. The first kappa shape index (κ1) is 9.39. The van der Waals surface area contributed by atoms with Gasteiger partial charge in [0.2, 0.25) is 0 Å². The molecule has 0 radical (unpaired) electrons. The topological polar surface area (TPSA) is 55.8 Å². The van der Waals surface area contributed by atoms with Crippen molar-refractivity contribution in [3.63, 3.8) is 0 Å². The lowest BCUT2D eigenvalue weighted by Gasteiger charge is -2.09. The number of aliphatic hydroxyl groups is 1. The van der Waals surface area contributed by atoms with Crippen molar-refractivity contribution in [2.24, 2.45) is 0 Å². The maximum absolute atomic E-state index is 10.5. The lowest BCUT2D eigenvalue weighted by Crippen LogP contribution is -2.20. The third kappa shape index (κ3) is 3.42. The van der Waals surface area contributed by atoms with E-state index in [0.717, 1.165) is 0 Å². The van der Waals surface area contributed by atoms with Gasteiger partial charge in [-0.15, -0.1) is 0 Å². The summed E-state index contributed by atoms with van der Waals surface area (Å²) < 4.78 is 9.08. The van der Waals surface area contributed by atoms with Crippen molar-refractivity contribution in [1.82, 2.24) is 0 Å². The fraction of sp³-hybridized carbons (Fsp3) is 0.833. The van der Waals surface area contributed by atoms with Crippen molar-refractivity contribution in [1.29, 1.82) is 0 Å². The number of esters is 1. The smallest absolute Gasteiger partial charge is 0.308 e. The van der Waals surface area contributed by atoms with Gasteiger partial charge < -0.3 is 14.6 Å². The van der Waals surface area contributed by atoms with Gasteiger partial charge in [-0.3, -0.25) is 4.79 Å². The highest BCUT2D eigenvalue weighted by molar-refractivity contribution is 5.69. The zero-order valence-electron chi connectivity index (χ0n) is 6.16. The molecule has 0 fully saturated rings. The van der Waals surface area contributed by atoms with Crippen molar-refractivity contribution >= 4 is 5.97 Å². The van der Waals surface area contributed by atoms with Crippen LogP contribution in [-0.2, 0) is 14.3 Å². The minimum atomic E-state index is -0.438. The Labute approximate surface area is 59.7 Å². The summed E-state index contributed by atoms with van der Waals surface area (Å²) in [7, 11) is 2.73. The van der Waals surface area contributed by atoms with Crippen LogP contribution < -0.4 is 0 Å². The third-order valence-electron chi connectivity index (χ3n) is 1.16. The van der Waals surface area contributed by atoms with Crippen LogP contribution in [0.4, 0.5) is 0 Å². The molecule has 0 saturated carbocycles. The second-order valence-electron chi connectivity index (χ2n) is 1.82. The Hall–Kier alpha value is -0.610. The van der Waals surface area contributed by atoms with E-state index in [1.54, 1.807) is 0 Å². The minimum Gasteiger partial charge on any atom is -0.469 e. The number of methoxy groups -OCH3 is 2. The first-order valence-electron chi connectivity index (χ1n) is 2.95. The molecule has 10 heavy (non-hydrogen) atoms. The predicted octanol–water partition coefficient (Wildman–Crippen LogP) is -0.443. The second-order valence-corrected chi connectivity index (χ2v) is 1.82. The average Bonchev–Trinajstić information content (AvgIpc) is 1.99. The van der Waals surface area contributed by atoms with Crippen LogP contribution in [-0.4, -0.2) is 38.0 Å². The molecule has 1 atom stereocenters. The molecule has 0 aromatic rings. The van der Waals surface area contributed by atoms with Crippen molar-refractivity contribution < 1.29 is 19.4 Å². The zero-order valence-corrected chi connectivity index (χ0v) is 6.16. The molecule has 0 bridgehead atoms. The van der Waals surface area contributed by atoms with Crippen LogP contribution in [0, 0.1) is 0 Å². The van der Waals surface area contributed by atoms with E-state index >= 15 is 0 Å². The molecule has 0 heterocycles. The highest BCUT2D eigenvalue weighted by Gasteiger charge is 2.11. The molecule has 1 N–H and O–H groups in total. The summed E-state index contributed by atoms with van der Waals surface area (Å²) in [5, 5.41) is 8.54. The Balaban J connectivity index is 3.52. The molecular weight excluding hydrogens is 136 g/mol. The van der Waals surface area contributed by atoms with Gasteiger partial charge in [0.15, 0.2) is 0 Å². The van der Waals surface area contributed by atoms with Crippen LogP contribution in [0.25, 0.3) is 0 Å². The first-order valence-corrected chi connectivity index (χ1v) is 2.95. The summed E-state index contributed by atoms with van der Waals surface area (Å²) in [6.07, 6.45) is -0.337. The number of hydrogen-bond donors (Lipinski definition) is 1. The van der Waals surface area contributed by atoms with E-state index in [1.807, 2.05) is 0 Å². The molecule has 0 aromatic carbocycles. The molecule has 0 spiro atoms. The van der Waals surface area contributed by atoms with E-state index in [0.29, 0.717) is 0 Å². The standard InChI is InChI=1S/C6H12O4/c1-9-5(4-7)3-6(8)10-2/h5,7H,3-4H2,1-2H3/t5-/m0/s1. The summed E-state index contributed by atoms with van der Waals surface area (Å²) in [6, 6.07) is 0. The third-order valence-corrected chi connectivity index (χ3v) is 1.16.